The van der Waals surface area contributed by atoms with E-state index < -0.39 is 0 Å². The molecule has 2 rings (SSSR count). The third kappa shape index (κ3) is 3.80. The molecule has 2 N–H and O–H groups in total. The van der Waals surface area contributed by atoms with Gasteiger partial charge in [0.1, 0.15) is 0 Å². The molecule has 0 bridgehead atoms. The maximum absolute atomic E-state index is 5.81. The van der Waals surface area contributed by atoms with Gasteiger partial charge in [-0.15, -0.1) is 0 Å². The van der Waals surface area contributed by atoms with Gasteiger partial charge in [-0.3, -0.25) is 4.98 Å². The van der Waals surface area contributed by atoms with Gasteiger partial charge in [-0.25, -0.2) is 5.84 Å². The second-order valence-electron chi connectivity index (χ2n) is 5.24. The van der Waals surface area contributed by atoms with Crippen molar-refractivity contribution in [1.82, 2.24) is 9.99 Å². The Kier molecular flexibility index (Phi) is 4.55. The van der Waals surface area contributed by atoms with Crippen molar-refractivity contribution in [1.29, 1.82) is 0 Å². The summed E-state index contributed by atoms with van der Waals surface area (Å²) in [6, 6.07) is 12.3. The number of hydrogen-bond donors (Lipinski definition) is 1. The maximum atomic E-state index is 5.81. The monoisotopic (exact) mass is 279 g/mol. The molecule has 0 amide bonds. The summed E-state index contributed by atoms with van der Waals surface area (Å²) >= 11 is 0. The summed E-state index contributed by atoms with van der Waals surface area (Å²) in [7, 11) is 1.80. The minimum absolute atomic E-state index is 0.946. The Hall–Kier alpha value is -2.39. The predicted octanol–water partition coefficient (Wildman–Crippen LogP) is 3.56. The van der Waals surface area contributed by atoms with Crippen LogP contribution in [0, 0.1) is 13.8 Å². The molecule has 1 aromatic carbocycles. The van der Waals surface area contributed by atoms with E-state index in [0.29, 0.717) is 0 Å². The van der Waals surface area contributed by atoms with Gasteiger partial charge in [0.2, 0.25) is 0 Å². The Bertz CT molecular complexity index is 684. The molecule has 2 aromatic rings. The number of nitrogens with zero attached hydrogens (tertiary/aromatic N) is 2. The van der Waals surface area contributed by atoms with Crippen LogP contribution in [-0.4, -0.2) is 17.0 Å². The van der Waals surface area contributed by atoms with Crippen molar-refractivity contribution in [2.45, 2.75) is 13.8 Å². The van der Waals surface area contributed by atoms with E-state index in [4.69, 9.17) is 5.84 Å². The van der Waals surface area contributed by atoms with Crippen molar-refractivity contribution in [2.75, 3.05) is 7.05 Å². The molecule has 0 fully saturated rings. The topological polar surface area (TPSA) is 42.1 Å². The van der Waals surface area contributed by atoms with E-state index in [2.05, 4.69) is 36.7 Å². The Balaban J connectivity index is 2.49. The lowest BCUT2D eigenvalue weighted by molar-refractivity contribution is 0.487. The molecule has 0 spiro atoms. The molecule has 0 atom stereocenters. The van der Waals surface area contributed by atoms with Crippen molar-refractivity contribution in [3.63, 3.8) is 0 Å². The highest BCUT2D eigenvalue weighted by molar-refractivity contribution is 6.03. The zero-order valence-electron chi connectivity index (χ0n) is 12.8. The van der Waals surface area contributed by atoms with Gasteiger partial charge in [0.05, 0.1) is 0 Å². The first-order valence-electron chi connectivity index (χ1n) is 6.86. The molecule has 0 aliphatic carbocycles. The number of benzene rings is 1. The van der Waals surface area contributed by atoms with Crippen LogP contribution < -0.4 is 5.84 Å². The molecule has 0 radical (unpaired) electrons. The van der Waals surface area contributed by atoms with E-state index in [1.165, 1.54) is 5.56 Å². The van der Waals surface area contributed by atoms with Crippen molar-refractivity contribution in [2.24, 2.45) is 5.84 Å². The number of allylic oxidation sites excluding steroid dienone is 2. The fourth-order valence-corrected chi connectivity index (χ4v) is 2.23. The van der Waals surface area contributed by atoms with Crippen molar-refractivity contribution in [3.05, 3.63) is 77.8 Å². The van der Waals surface area contributed by atoms with Crippen LogP contribution in [0.1, 0.15) is 22.4 Å². The second-order valence-corrected chi connectivity index (χ2v) is 5.24. The first kappa shape index (κ1) is 15.0. The number of rotatable bonds is 4. The predicted molar refractivity (Wildman–Crippen MR) is 89.1 cm³/mol. The summed E-state index contributed by atoms with van der Waals surface area (Å²) in [6.07, 6.45) is 3.69. The number of hydrogen-bond acceptors (Lipinski definition) is 3. The minimum Gasteiger partial charge on any atom is -0.321 e. The molecular formula is C18H21N3. The third-order valence-electron chi connectivity index (χ3n) is 3.23. The lowest BCUT2D eigenvalue weighted by atomic mass is 9.93. The number of pyridine rings is 1. The minimum atomic E-state index is 0.946. The normalized spacial score (nSPS) is 11.3. The Morgan fingerprint density at radius 1 is 1.19 bits per heavy atom. The van der Waals surface area contributed by atoms with Crippen LogP contribution in [0.5, 0.6) is 0 Å². The molecule has 0 aliphatic rings. The van der Waals surface area contributed by atoms with Gasteiger partial charge in [-0.2, -0.15) is 0 Å². The average Bonchev–Trinajstić information content (AvgIpc) is 2.44. The van der Waals surface area contributed by atoms with Crippen LogP contribution in [0.15, 0.2) is 55.4 Å². The third-order valence-corrected chi connectivity index (χ3v) is 3.23. The lowest BCUT2D eigenvalue weighted by Crippen LogP contribution is -2.19. The van der Waals surface area contributed by atoms with Crippen LogP contribution in [-0.2, 0) is 0 Å². The van der Waals surface area contributed by atoms with E-state index >= 15 is 0 Å². The molecule has 3 heteroatoms. The SMILES string of the molecule is C=C(/C(=C\N(C)N)c1ccnc(C)c1)c1cccc(C)c1. The van der Waals surface area contributed by atoms with E-state index in [0.717, 1.165) is 28.0 Å². The highest BCUT2D eigenvalue weighted by Gasteiger charge is 2.10. The van der Waals surface area contributed by atoms with Crippen molar-refractivity contribution >= 4 is 11.1 Å². The fraction of sp³-hybridized carbons (Fsp3) is 0.167. The average molecular weight is 279 g/mol. The number of hydrazine groups is 1. The molecule has 21 heavy (non-hydrogen) atoms. The molecule has 0 saturated carbocycles. The van der Waals surface area contributed by atoms with E-state index in [1.807, 2.05) is 31.3 Å². The summed E-state index contributed by atoms with van der Waals surface area (Å²) in [5.74, 6) is 5.81. The van der Waals surface area contributed by atoms with Gasteiger partial charge >= 0.3 is 0 Å². The molecule has 1 heterocycles. The van der Waals surface area contributed by atoms with Crippen molar-refractivity contribution < 1.29 is 0 Å². The largest absolute Gasteiger partial charge is 0.321 e. The first-order valence-corrected chi connectivity index (χ1v) is 6.86. The van der Waals surface area contributed by atoms with E-state index in [-0.39, 0.29) is 0 Å². The molecular weight excluding hydrogens is 258 g/mol. The standard InChI is InChI=1S/C18H21N3/c1-13-6-5-7-16(10-13)15(3)18(12-21(4)19)17-8-9-20-14(2)11-17/h5-12H,3,19H2,1-2,4H3/b18-12+. The van der Waals surface area contributed by atoms with Crippen molar-refractivity contribution in [3.8, 4) is 0 Å². The second kappa shape index (κ2) is 6.37. The molecule has 3 nitrogen and oxygen atoms in total. The fourth-order valence-electron chi connectivity index (χ4n) is 2.23. The van der Waals surface area contributed by atoms with Crippen LogP contribution in [0.4, 0.5) is 0 Å². The highest BCUT2D eigenvalue weighted by Crippen LogP contribution is 2.30. The Morgan fingerprint density at radius 3 is 2.57 bits per heavy atom. The van der Waals surface area contributed by atoms with Gasteiger partial charge in [-0.05, 0) is 42.7 Å². The summed E-state index contributed by atoms with van der Waals surface area (Å²) in [4.78, 5) is 4.25. The Morgan fingerprint density at radius 2 is 1.95 bits per heavy atom. The van der Waals surface area contributed by atoms with E-state index in [9.17, 15) is 0 Å². The molecule has 0 aliphatic heterocycles. The molecule has 0 unspecified atom stereocenters. The molecule has 0 saturated heterocycles. The summed E-state index contributed by atoms with van der Waals surface area (Å²) in [6.45, 7) is 8.30. The number of aryl methyl sites for hydroxylation is 2. The Labute approximate surface area is 126 Å². The van der Waals surface area contributed by atoms with Gasteiger partial charge in [0, 0.05) is 30.7 Å². The lowest BCUT2D eigenvalue weighted by Gasteiger charge is -2.16. The van der Waals surface area contributed by atoms with Crippen LogP contribution in [0.25, 0.3) is 11.1 Å². The van der Waals surface area contributed by atoms with Crippen LogP contribution in [0.3, 0.4) is 0 Å². The zero-order valence-corrected chi connectivity index (χ0v) is 12.8. The van der Waals surface area contributed by atoms with E-state index in [1.54, 1.807) is 18.3 Å². The molecule has 1 aromatic heterocycles. The van der Waals surface area contributed by atoms with Gasteiger partial charge in [-0.1, -0.05) is 36.4 Å². The van der Waals surface area contributed by atoms with Gasteiger partial charge in [0.25, 0.3) is 0 Å². The highest BCUT2D eigenvalue weighted by atomic mass is 15.4. The number of aromatic nitrogens is 1. The zero-order chi connectivity index (χ0) is 15.4. The van der Waals surface area contributed by atoms with Crippen LogP contribution in [0.2, 0.25) is 0 Å². The van der Waals surface area contributed by atoms with Gasteiger partial charge < -0.3 is 5.01 Å². The van der Waals surface area contributed by atoms with Crippen LogP contribution >= 0.6 is 0 Å². The molecule has 108 valence electrons. The van der Waals surface area contributed by atoms with Gasteiger partial charge in [0.15, 0.2) is 0 Å². The summed E-state index contributed by atoms with van der Waals surface area (Å²) in [5, 5.41) is 1.55. The maximum Gasteiger partial charge on any atom is 0.0378 e. The first-order chi connectivity index (χ1) is 9.97. The smallest absolute Gasteiger partial charge is 0.0378 e. The summed E-state index contributed by atoms with van der Waals surface area (Å²) in [5.41, 5.74) is 6.27. The quantitative estimate of drug-likeness (QED) is 0.528. The number of nitrogens with two attached hydrogens (primary N) is 1. The summed E-state index contributed by atoms with van der Waals surface area (Å²) < 4.78 is 0.